The van der Waals surface area contributed by atoms with Gasteiger partial charge in [-0.15, -0.1) is 0 Å². The van der Waals surface area contributed by atoms with Crippen molar-refractivity contribution in [3.63, 3.8) is 0 Å². The van der Waals surface area contributed by atoms with Crippen LogP contribution in [0.15, 0.2) is 17.7 Å². The summed E-state index contributed by atoms with van der Waals surface area (Å²) in [5.74, 6) is 2.04. The Kier molecular flexibility index (Phi) is 5.70. The molecule has 0 saturated heterocycles. The lowest BCUT2D eigenvalue weighted by atomic mass is 10.0. The summed E-state index contributed by atoms with van der Waals surface area (Å²) in [5.41, 5.74) is 1.79. The third-order valence-electron chi connectivity index (χ3n) is 3.00. The zero-order valence-electron chi connectivity index (χ0n) is 12.2. The molecule has 1 N–H and O–H groups in total. The van der Waals surface area contributed by atoms with Crippen LogP contribution in [-0.2, 0) is 0 Å². The molecular formula is C15H22O4. The zero-order chi connectivity index (χ0) is 14.4. The molecule has 0 amide bonds. The molecule has 1 aromatic carbocycles. The van der Waals surface area contributed by atoms with Gasteiger partial charge in [0.1, 0.15) is 0 Å². The van der Waals surface area contributed by atoms with Gasteiger partial charge in [-0.1, -0.05) is 13.8 Å². The van der Waals surface area contributed by atoms with Crippen molar-refractivity contribution in [3.05, 3.63) is 23.3 Å². The number of aliphatic hydroxyl groups excluding tert-OH is 1. The molecule has 106 valence electrons. The number of benzene rings is 1. The van der Waals surface area contributed by atoms with Gasteiger partial charge in [0.15, 0.2) is 11.5 Å². The molecule has 0 aromatic heterocycles. The van der Waals surface area contributed by atoms with Crippen LogP contribution < -0.4 is 14.2 Å². The van der Waals surface area contributed by atoms with E-state index in [0.29, 0.717) is 17.2 Å². The Morgan fingerprint density at radius 3 is 2.16 bits per heavy atom. The number of methoxy groups -OCH3 is 3. The maximum absolute atomic E-state index is 9.38. The van der Waals surface area contributed by atoms with Crippen LogP contribution in [0.1, 0.15) is 19.4 Å². The first-order chi connectivity index (χ1) is 9.08. The lowest BCUT2D eigenvalue weighted by Crippen LogP contribution is -2.01. The highest BCUT2D eigenvalue weighted by atomic mass is 16.5. The second-order valence-corrected chi connectivity index (χ2v) is 4.46. The highest BCUT2D eigenvalue weighted by Crippen LogP contribution is 2.40. The third kappa shape index (κ3) is 3.41. The van der Waals surface area contributed by atoms with E-state index in [1.54, 1.807) is 21.3 Å². The van der Waals surface area contributed by atoms with Crippen LogP contribution in [0.4, 0.5) is 0 Å². The molecule has 1 aromatic rings. The molecule has 0 aliphatic rings. The molecule has 0 heterocycles. The maximum Gasteiger partial charge on any atom is 0.203 e. The number of rotatable bonds is 6. The first kappa shape index (κ1) is 15.4. The van der Waals surface area contributed by atoms with Gasteiger partial charge in [-0.3, -0.25) is 0 Å². The van der Waals surface area contributed by atoms with Crippen molar-refractivity contribution in [1.29, 1.82) is 0 Å². The molecule has 0 fully saturated rings. The van der Waals surface area contributed by atoms with Crippen molar-refractivity contribution in [2.75, 3.05) is 27.9 Å². The van der Waals surface area contributed by atoms with Gasteiger partial charge in [0.25, 0.3) is 0 Å². The van der Waals surface area contributed by atoms with Crippen LogP contribution in [0.3, 0.4) is 0 Å². The summed E-state index contributed by atoms with van der Waals surface area (Å²) < 4.78 is 16.0. The molecule has 0 aliphatic heterocycles. The van der Waals surface area contributed by atoms with Gasteiger partial charge in [0.2, 0.25) is 5.75 Å². The topological polar surface area (TPSA) is 47.9 Å². The van der Waals surface area contributed by atoms with Crippen molar-refractivity contribution in [2.45, 2.75) is 13.8 Å². The number of aliphatic hydroxyl groups is 1. The van der Waals surface area contributed by atoms with Gasteiger partial charge in [-0.25, -0.2) is 0 Å². The van der Waals surface area contributed by atoms with Gasteiger partial charge in [-0.05, 0) is 29.7 Å². The minimum atomic E-state index is 0.0230. The van der Waals surface area contributed by atoms with Gasteiger partial charge < -0.3 is 19.3 Å². The molecule has 1 rings (SSSR count). The van der Waals surface area contributed by atoms with Gasteiger partial charge in [-0.2, -0.15) is 0 Å². The predicted molar refractivity (Wildman–Crippen MR) is 76.0 cm³/mol. The summed E-state index contributed by atoms with van der Waals surface area (Å²) in [6.07, 6.45) is 1.92. The number of ether oxygens (including phenoxy) is 3. The summed E-state index contributed by atoms with van der Waals surface area (Å²) in [5, 5.41) is 9.38. The van der Waals surface area contributed by atoms with E-state index in [4.69, 9.17) is 14.2 Å². The lowest BCUT2D eigenvalue weighted by molar-refractivity contribution is 0.319. The van der Waals surface area contributed by atoms with Gasteiger partial charge in [0, 0.05) is 5.56 Å². The van der Waals surface area contributed by atoms with E-state index in [2.05, 4.69) is 0 Å². The fourth-order valence-electron chi connectivity index (χ4n) is 1.83. The standard InChI is InChI=1S/C15H22O4/c1-10(2)12(9-16)8-11-6-7-13(17-3)15(19-5)14(11)18-4/h6-8,10,16H,9H2,1-5H3. The molecule has 0 spiro atoms. The minimum Gasteiger partial charge on any atom is -0.493 e. The normalized spacial score (nSPS) is 11.6. The molecule has 0 aliphatic carbocycles. The molecule has 4 nitrogen and oxygen atoms in total. The maximum atomic E-state index is 9.38. The first-order valence-electron chi connectivity index (χ1n) is 6.19. The monoisotopic (exact) mass is 266 g/mol. The van der Waals surface area contributed by atoms with Crippen molar-refractivity contribution >= 4 is 6.08 Å². The Labute approximate surface area is 114 Å². The SMILES string of the molecule is COc1ccc(C=C(CO)C(C)C)c(OC)c1OC. The van der Waals surface area contributed by atoms with Crippen molar-refractivity contribution in [3.8, 4) is 17.2 Å². The van der Waals surface area contributed by atoms with Crippen molar-refractivity contribution < 1.29 is 19.3 Å². The van der Waals surface area contributed by atoms with Gasteiger partial charge in [0.05, 0.1) is 27.9 Å². The highest BCUT2D eigenvalue weighted by molar-refractivity contribution is 5.68. The van der Waals surface area contributed by atoms with E-state index in [-0.39, 0.29) is 12.5 Å². The second-order valence-electron chi connectivity index (χ2n) is 4.46. The zero-order valence-corrected chi connectivity index (χ0v) is 12.2. The Hall–Kier alpha value is -1.68. The van der Waals surface area contributed by atoms with E-state index in [9.17, 15) is 5.11 Å². The Morgan fingerprint density at radius 1 is 1.11 bits per heavy atom. The summed E-state index contributed by atoms with van der Waals surface area (Å²) in [6.45, 7) is 4.10. The Morgan fingerprint density at radius 2 is 1.74 bits per heavy atom. The van der Waals surface area contributed by atoms with E-state index in [1.807, 2.05) is 32.1 Å². The third-order valence-corrected chi connectivity index (χ3v) is 3.00. The molecule has 0 unspecified atom stereocenters. The largest absolute Gasteiger partial charge is 0.493 e. The van der Waals surface area contributed by atoms with E-state index >= 15 is 0 Å². The van der Waals surface area contributed by atoms with Crippen molar-refractivity contribution in [2.24, 2.45) is 5.92 Å². The molecule has 0 atom stereocenters. The smallest absolute Gasteiger partial charge is 0.203 e. The lowest BCUT2D eigenvalue weighted by Gasteiger charge is -2.15. The Bertz CT molecular complexity index is 450. The minimum absolute atomic E-state index is 0.0230. The predicted octanol–water partition coefficient (Wildman–Crippen LogP) is 2.74. The first-order valence-corrected chi connectivity index (χ1v) is 6.19. The summed E-state index contributed by atoms with van der Waals surface area (Å²) in [4.78, 5) is 0. The molecule has 0 radical (unpaired) electrons. The van der Waals surface area contributed by atoms with E-state index in [0.717, 1.165) is 11.1 Å². The summed E-state index contributed by atoms with van der Waals surface area (Å²) >= 11 is 0. The number of hydrogen-bond donors (Lipinski definition) is 1. The molecule has 0 bridgehead atoms. The highest BCUT2D eigenvalue weighted by Gasteiger charge is 2.15. The van der Waals surface area contributed by atoms with Crippen LogP contribution in [0.25, 0.3) is 6.08 Å². The van der Waals surface area contributed by atoms with E-state index in [1.165, 1.54) is 0 Å². The fourth-order valence-corrected chi connectivity index (χ4v) is 1.83. The summed E-state index contributed by atoms with van der Waals surface area (Å²) in [6, 6.07) is 3.71. The van der Waals surface area contributed by atoms with Crippen LogP contribution in [0.2, 0.25) is 0 Å². The average Bonchev–Trinajstić information content (AvgIpc) is 2.42. The van der Waals surface area contributed by atoms with Crippen LogP contribution >= 0.6 is 0 Å². The Balaban J connectivity index is 3.36. The number of hydrogen-bond acceptors (Lipinski definition) is 4. The molecule has 19 heavy (non-hydrogen) atoms. The molecule has 0 saturated carbocycles. The van der Waals surface area contributed by atoms with Gasteiger partial charge >= 0.3 is 0 Å². The molecular weight excluding hydrogens is 244 g/mol. The molecule has 4 heteroatoms. The second kappa shape index (κ2) is 7.04. The van der Waals surface area contributed by atoms with Crippen LogP contribution in [-0.4, -0.2) is 33.0 Å². The fraction of sp³-hybridized carbons (Fsp3) is 0.467. The van der Waals surface area contributed by atoms with E-state index < -0.39 is 0 Å². The quantitative estimate of drug-likeness (QED) is 0.860. The van der Waals surface area contributed by atoms with Crippen LogP contribution in [0.5, 0.6) is 17.2 Å². The summed E-state index contributed by atoms with van der Waals surface area (Å²) in [7, 11) is 4.74. The average molecular weight is 266 g/mol. The van der Waals surface area contributed by atoms with Crippen LogP contribution in [0, 0.1) is 5.92 Å². The van der Waals surface area contributed by atoms with Crippen molar-refractivity contribution in [1.82, 2.24) is 0 Å².